The van der Waals surface area contributed by atoms with Gasteiger partial charge in [0.15, 0.2) is 0 Å². The summed E-state index contributed by atoms with van der Waals surface area (Å²) in [5.41, 5.74) is 3.51. The van der Waals surface area contributed by atoms with E-state index in [2.05, 4.69) is 53.8 Å². The van der Waals surface area contributed by atoms with E-state index in [0.717, 1.165) is 44.3 Å². The van der Waals surface area contributed by atoms with Crippen LogP contribution < -0.4 is 0 Å². The molecule has 1 aliphatic heterocycles. The first kappa shape index (κ1) is 20.6. The Morgan fingerprint density at radius 1 is 1.07 bits per heavy atom. The first-order chi connectivity index (χ1) is 14.6. The largest absolute Gasteiger partial charge is 0.343 e. The number of benzene rings is 2. The summed E-state index contributed by atoms with van der Waals surface area (Å²) in [7, 11) is 0. The van der Waals surface area contributed by atoms with Gasteiger partial charge in [-0.25, -0.2) is 4.39 Å². The molecule has 0 bridgehead atoms. The monoisotopic (exact) mass is 406 g/mol. The van der Waals surface area contributed by atoms with Gasteiger partial charge in [0, 0.05) is 42.7 Å². The number of piperidine rings is 1. The van der Waals surface area contributed by atoms with E-state index in [1.54, 1.807) is 12.1 Å². The molecule has 1 amide bonds. The van der Waals surface area contributed by atoms with E-state index >= 15 is 0 Å². The Hall–Kier alpha value is -2.62. The molecule has 0 N–H and O–H groups in total. The molecule has 3 nitrogen and oxygen atoms in total. The van der Waals surface area contributed by atoms with Crippen LogP contribution in [0.2, 0.25) is 0 Å². The van der Waals surface area contributed by atoms with Crippen molar-refractivity contribution >= 4 is 16.8 Å². The van der Waals surface area contributed by atoms with Crippen LogP contribution in [0.25, 0.3) is 10.9 Å². The van der Waals surface area contributed by atoms with Gasteiger partial charge in [0.05, 0.1) is 0 Å². The van der Waals surface area contributed by atoms with E-state index in [-0.39, 0.29) is 11.7 Å². The van der Waals surface area contributed by atoms with Crippen molar-refractivity contribution in [1.82, 2.24) is 9.47 Å². The minimum absolute atomic E-state index is 0.162. The summed E-state index contributed by atoms with van der Waals surface area (Å²) in [6.45, 7) is 6.54. The lowest BCUT2D eigenvalue weighted by Gasteiger charge is -2.34. The van der Waals surface area contributed by atoms with Gasteiger partial charge in [-0.1, -0.05) is 44.2 Å². The molecular formula is C26H31FN2O. The van der Waals surface area contributed by atoms with Gasteiger partial charge in [-0.05, 0) is 60.9 Å². The molecular weight excluding hydrogens is 375 g/mol. The molecule has 158 valence electrons. The molecule has 1 aliphatic rings. The predicted molar refractivity (Wildman–Crippen MR) is 120 cm³/mol. The third-order valence-corrected chi connectivity index (χ3v) is 6.64. The Morgan fingerprint density at radius 3 is 2.50 bits per heavy atom. The van der Waals surface area contributed by atoms with Crippen LogP contribution in [0.5, 0.6) is 0 Å². The lowest BCUT2D eigenvalue weighted by molar-refractivity contribution is -0.136. The Balaban J connectivity index is 1.55. The maximum Gasteiger partial charge on any atom is 0.225 e. The second-order valence-electron chi connectivity index (χ2n) is 8.47. The number of carbonyl (C=O) groups excluding carboxylic acids is 1. The molecule has 30 heavy (non-hydrogen) atoms. The van der Waals surface area contributed by atoms with E-state index in [9.17, 15) is 9.18 Å². The maximum atomic E-state index is 13.6. The second kappa shape index (κ2) is 9.03. The molecule has 0 saturated carbocycles. The van der Waals surface area contributed by atoms with Gasteiger partial charge in [0.2, 0.25) is 5.91 Å². The number of hydrogen-bond donors (Lipinski definition) is 0. The van der Waals surface area contributed by atoms with E-state index in [4.69, 9.17) is 0 Å². The molecule has 1 fully saturated rings. The lowest BCUT2D eigenvalue weighted by atomic mass is 9.88. The minimum Gasteiger partial charge on any atom is -0.343 e. The number of halogens is 1. The molecule has 1 saturated heterocycles. The fraction of sp³-hybridized carbons (Fsp3) is 0.423. The first-order valence-corrected chi connectivity index (χ1v) is 11.2. The van der Waals surface area contributed by atoms with E-state index in [0.29, 0.717) is 18.4 Å². The van der Waals surface area contributed by atoms with Crippen LogP contribution >= 0.6 is 0 Å². The Kier molecular flexibility index (Phi) is 6.21. The molecule has 3 aromatic rings. The standard InChI is InChI=1S/C26H31FN2O/c1-3-20(4-2)26(30)28-14-12-21(13-15-28)24-18-29(25-11-6-5-10-23(24)25)17-19-8-7-9-22(27)16-19/h5-11,16,18,20-21H,3-4,12-15,17H2,1-2H3. The van der Waals surface area contributed by atoms with Crippen LogP contribution in [0.3, 0.4) is 0 Å². The molecule has 0 aliphatic carbocycles. The number of para-hydroxylation sites is 1. The van der Waals surface area contributed by atoms with Crippen molar-refractivity contribution in [3.05, 3.63) is 71.7 Å². The number of aromatic nitrogens is 1. The number of fused-ring (bicyclic) bond motifs is 1. The van der Waals surface area contributed by atoms with Crippen molar-refractivity contribution in [1.29, 1.82) is 0 Å². The molecule has 0 unspecified atom stereocenters. The first-order valence-electron chi connectivity index (χ1n) is 11.2. The molecule has 0 atom stereocenters. The molecule has 0 radical (unpaired) electrons. The van der Waals surface area contributed by atoms with Crippen molar-refractivity contribution in [3.8, 4) is 0 Å². The zero-order valence-electron chi connectivity index (χ0n) is 18.0. The van der Waals surface area contributed by atoms with Crippen molar-refractivity contribution in [2.75, 3.05) is 13.1 Å². The van der Waals surface area contributed by atoms with Gasteiger partial charge in [-0.2, -0.15) is 0 Å². The molecule has 1 aromatic heterocycles. The summed E-state index contributed by atoms with van der Waals surface area (Å²) in [5.74, 6) is 0.745. The number of carbonyl (C=O) groups is 1. The molecule has 0 spiro atoms. The Labute approximate surface area is 178 Å². The lowest BCUT2D eigenvalue weighted by Crippen LogP contribution is -2.41. The number of nitrogens with zero attached hydrogens (tertiary/aromatic N) is 2. The number of rotatable bonds is 6. The Bertz CT molecular complexity index is 1010. The maximum absolute atomic E-state index is 13.6. The summed E-state index contributed by atoms with van der Waals surface area (Å²) in [5, 5.41) is 1.28. The van der Waals surface area contributed by atoms with Crippen LogP contribution in [-0.4, -0.2) is 28.5 Å². The highest BCUT2D eigenvalue weighted by atomic mass is 19.1. The van der Waals surface area contributed by atoms with E-state index in [1.165, 1.54) is 22.5 Å². The fourth-order valence-electron chi connectivity index (χ4n) is 4.87. The third kappa shape index (κ3) is 4.14. The quantitative estimate of drug-likeness (QED) is 0.495. The number of amides is 1. The van der Waals surface area contributed by atoms with Crippen LogP contribution in [0.4, 0.5) is 4.39 Å². The van der Waals surface area contributed by atoms with Crippen LogP contribution in [0, 0.1) is 11.7 Å². The van der Waals surface area contributed by atoms with Crippen molar-refractivity contribution in [3.63, 3.8) is 0 Å². The summed E-state index contributed by atoms with van der Waals surface area (Å²) >= 11 is 0. The fourth-order valence-corrected chi connectivity index (χ4v) is 4.87. The smallest absolute Gasteiger partial charge is 0.225 e. The van der Waals surface area contributed by atoms with Crippen molar-refractivity contribution < 1.29 is 9.18 Å². The molecule has 4 rings (SSSR count). The van der Waals surface area contributed by atoms with Gasteiger partial charge >= 0.3 is 0 Å². The summed E-state index contributed by atoms with van der Waals surface area (Å²) < 4.78 is 15.9. The average molecular weight is 407 g/mol. The molecule has 4 heteroatoms. The summed E-state index contributed by atoms with van der Waals surface area (Å²) in [4.78, 5) is 14.8. The minimum atomic E-state index is -0.196. The highest BCUT2D eigenvalue weighted by Gasteiger charge is 2.28. The molecule has 2 aromatic carbocycles. The summed E-state index contributed by atoms with van der Waals surface area (Å²) in [6.07, 6.45) is 6.09. The van der Waals surface area contributed by atoms with Crippen LogP contribution in [0.1, 0.15) is 56.6 Å². The number of hydrogen-bond acceptors (Lipinski definition) is 1. The zero-order valence-corrected chi connectivity index (χ0v) is 18.0. The van der Waals surface area contributed by atoms with Crippen LogP contribution in [-0.2, 0) is 11.3 Å². The van der Waals surface area contributed by atoms with E-state index < -0.39 is 0 Å². The average Bonchev–Trinajstić information content (AvgIpc) is 3.13. The highest BCUT2D eigenvalue weighted by molar-refractivity contribution is 5.85. The van der Waals surface area contributed by atoms with Gasteiger partial charge in [0.1, 0.15) is 5.82 Å². The predicted octanol–water partition coefficient (Wildman–Crippen LogP) is 5.97. The topological polar surface area (TPSA) is 25.2 Å². The number of likely N-dealkylation sites (tertiary alicyclic amines) is 1. The zero-order chi connectivity index (χ0) is 21.1. The van der Waals surface area contributed by atoms with Gasteiger partial charge in [0.25, 0.3) is 0 Å². The SMILES string of the molecule is CCC(CC)C(=O)N1CCC(c2cn(Cc3cccc(F)c3)c3ccccc23)CC1. The van der Waals surface area contributed by atoms with Crippen molar-refractivity contribution in [2.45, 2.75) is 52.0 Å². The van der Waals surface area contributed by atoms with Gasteiger partial charge in [-0.3, -0.25) is 4.79 Å². The highest BCUT2D eigenvalue weighted by Crippen LogP contribution is 2.35. The van der Waals surface area contributed by atoms with Crippen molar-refractivity contribution in [2.24, 2.45) is 5.92 Å². The van der Waals surface area contributed by atoms with E-state index in [1.807, 2.05) is 6.07 Å². The Morgan fingerprint density at radius 2 is 1.80 bits per heavy atom. The van der Waals surface area contributed by atoms with Crippen LogP contribution in [0.15, 0.2) is 54.7 Å². The molecule has 2 heterocycles. The van der Waals surface area contributed by atoms with Gasteiger partial charge < -0.3 is 9.47 Å². The normalized spacial score (nSPS) is 15.3. The van der Waals surface area contributed by atoms with Gasteiger partial charge in [-0.15, -0.1) is 0 Å². The third-order valence-electron chi connectivity index (χ3n) is 6.64. The summed E-state index contributed by atoms with van der Waals surface area (Å²) in [6, 6.07) is 15.3. The second-order valence-corrected chi connectivity index (χ2v) is 8.47.